The predicted molar refractivity (Wildman–Crippen MR) is 43.3 cm³/mol. The molecule has 1 radical (unpaired) electrons. The van der Waals surface area contributed by atoms with Gasteiger partial charge in [-0.1, -0.05) is 26.2 Å². The summed E-state index contributed by atoms with van der Waals surface area (Å²) in [5.41, 5.74) is 5.45. The zero-order chi connectivity index (χ0) is 8.10. The number of hydrazine groups is 1. The Hall–Kier alpha value is -0.570. The minimum absolute atomic E-state index is 0.0940. The molecule has 0 aromatic carbocycles. The second kappa shape index (κ2) is 4.34. The third kappa shape index (κ3) is 2.89. The van der Waals surface area contributed by atoms with Crippen molar-refractivity contribution in [3.63, 3.8) is 0 Å². The maximum atomic E-state index is 10.7. The van der Waals surface area contributed by atoms with Gasteiger partial charge in [0.2, 0.25) is 5.91 Å². The maximum absolute atomic E-state index is 10.7. The molecule has 0 spiro atoms. The third-order valence-corrected chi connectivity index (χ3v) is 1.83. The molecule has 1 fully saturated rings. The highest BCUT2D eigenvalue weighted by molar-refractivity contribution is 5.79. The third-order valence-electron chi connectivity index (χ3n) is 1.83. The molecule has 63 valence electrons. The van der Waals surface area contributed by atoms with Gasteiger partial charge in [-0.2, -0.15) is 0 Å². The van der Waals surface area contributed by atoms with Crippen molar-refractivity contribution in [3.8, 4) is 0 Å². The lowest BCUT2D eigenvalue weighted by molar-refractivity contribution is -0.119. The van der Waals surface area contributed by atoms with E-state index in [1.54, 1.807) is 0 Å². The molecule has 1 rings (SSSR count). The predicted octanol–water partition coefficient (Wildman–Crippen LogP) is 1.12. The molecule has 1 saturated heterocycles. The van der Waals surface area contributed by atoms with Crippen LogP contribution in [0.25, 0.3) is 0 Å². The Morgan fingerprint density at radius 3 is 2.73 bits per heavy atom. The van der Waals surface area contributed by atoms with Gasteiger partial charge in [0.05, 0.1) is 6.04 Å². The van der Waals surface area contributed by atoms with Crippen LogP contribution < -0.4 is 10.9 Å². The first kappa shape index (κ1) is 8.53. The summed E-state index contributed by atoms with van der Waals surface area (Å²) in [7, 11) is 0. The molecule has 2 N–H and O–H groups in total. The SMILES string of the molecule is CCCCC[C]1CC(=O)NN1. The lowest BCUT2D eigenvalue weighted by Gasteiger charge is -2.04. The molecule has 0 bridgehead atoms. The van der Waals surface area contributed by atoms with Gasteiger partial charge in [0.1, 0.15) is 0 Å². The Labute approximate surface area is 67.5 Å². The molecule has 1 heterocycles. The molecule has 0 aliphatic carbocycles. The van der Waals surface area contributed by atoms with Gasteiger partial charge in [-0.15, -0.1) is 0 Å². The molecule has 0 aromatic heterocycles. The van der Waals surface area contributed by atoms with Crippen molar-refractivity contribution in [2.24, 2.45) is 0 Å². The largest absolute Gasteiger partial charge is 0.291 e. The summed E-state index contributed by atoms with van der Waals surface area (Å²) < 4.78 is 0. The second-order valence-corrected chi connectivity index (χ2v) is 2.91. The van der Waals surface area contributed by atoms with Crippen LogP contribution in [-0.4, -0.2) is 5.91 Å². The monoisotopic (exact) mass is 155 g/mol. The van der Waals surface area contributed by atoms with Crippen molar-refractivity contribution in [2.75, 3.05) is 0 Å². The van der Waals surface area contributed by atoms with Crippen molar-refractivity contribution in [1.29, 1.82) is 0 Å². The highest BCUT2D eigenvalue weighted by Gasteiger charge is 2.20. The molecular weight excluding hydrogens is 140 g/mol. The fraction of sp³-hybridized carbons (Fsp3) is 0.750. The van der Waals surface area contributed by atoms with Crippen LogP contribution in [0.3, 0.4) is 0 Å². The average molecular weight is 155 g/mol. The van der Waals surface area contributed by atoms with Gasteiger partial charge >= 0.3 is 0 Å². The fourth-order valence-corrected chi connectivity index (χ4v) is 1.18. The molecule has 0 unspecified atom stereocenters. The number of nitrogens with one attached hydrogen (secondary N) is 2. The van der Waals surface area contributed by atoms with Crippen LogP contribution in [0, 0.1) is 6.04 Å². The molecule has 3 nitrogen and oxygen atoms in total. The van der Waals surface area contributed by atoms with Crippen LogP contribution in [0.4, 0.5) is 0 Å². The van der Waals surface area contributed by atoms with Crippen LogP contribution in [0.5, 0.6) is 0 Å². The molecule has 11 heavy (non-hydrogen) atoms. The maximum Gasteiger partial charge on any atom is 0.236 e. The van der Waals surface area contributed by atoms with Gasteiger partial charge in [0.25, 0.3) is 0 Å². The van der Waals surface area contributed by atoms with E-state index in [0.717, 1.165) is 12.5 Å². The van der Waals surface area contributed by atoms with E-state index in [2.05, 4.69) is 17.8 Å². The Balaban J connectivity index is 2.04. The smallest absolute Gasteiger partial charge is 0.236 e. The van der Waals surface area contributed by atoms with Gasteiger partial charge in [-0.05, 0) is 6.42 Å². The van der Waals surface area contributed by atoms with E-state index in [1.807, 2.05) is 0 Å². The van der Waals surface area contributed by atoms with Crippen molar-refractivity contribution in [2.45, 2.75) is 39.0 Å². The standard InChI is InChI=1S/C8H15N2O/c1-2-3-4-5-7-6-8(11)10-9-7/h9H,2-6H2,1H3,(H,10,11). The number of amides is 1. The summed E-state index contributed by atoms with van der Waals surface area (Å²) in [5, 5.41) is 0. The van der Waals surface area contributed by atoms with Crippen LogP contribution in [0.1, 0.15) is 39.0 Å². The summed E-state index contributed by atoms with van der Waals surface area (Å²) in [6.07, 6.45) is 5.28. The first-order chi connectivity index (χ1) is 5.33. The molecular formula is C8H15N2O. The van der Waals surface area contributed by atoms with E-state index in [4.69, 9.17) is 0 Å². The lowest BCUT2D eigenvalue weighted by Crippen LogP contribution is -2.27. The van der Waals surface area contributed by atoms with Gasteiger partial charge < -0.3 is 0 Å². The zero-order valence-electron chi connectivity index (χ0n) is 6.94. The molecule has 1 amide bonds. The number of rotatable bonds is 4. The van der Waals surface area contributed by atoms with Crippen LogP contribution >= 0.6 is 0 Å². The summed E-state index contributed by atoms with van der Waals surface area (Å²) in [6, 6.07) is 1.14. The highest BCUT2D eigenvalue weighted by atomic mass is 16.2. The quantitative estimate of drug-likeness (QED) is 0.597. The van der Waals surface area contributed by atoms with Crippen molar-refractivity contribution in [3.05, 3.63) is 6.04 Å². The molecule has 0 saturated carbocycles. The van der Waals surface area contributed by atoms with Crippen molar-refractivity contribution in [1.82, 2.24) is 10.9 Å². The fourth-order valence-electron chi connectivity index (χ4n) is 1.18. The topological polar surface area (TPSA) is 41.1 Å². The van der Waals surface area contributed by atoms with Crippen molar-refractivity contribution >= 4 is 5.91 Å². The molecule has 3 heteroatoms. The number of hydrogen-bond acceptors (Lipinski definition) is 2. The van der Waals surface area contributed by atoms with E-state index in [9.17, 15) is 4.79 Å². The number of carbonyl (C=O) groups excluding carboxylic acids is 1. The first-order valence-electron chi connectivity index (χ1n) is 4.22. The van der Waals surface area contributed by atoms with Gasteiger partial charge in [-0.25, -0.2) is 5.43 Å². The summed E-state index contributed by atoms with van der Waals surface area (Å²) in [5.74, 6) is 0.0940. The minimum atomic E-state index is 0.0940. The van der Waals surface area contributed by atoms with Crippen LogP contribution in [-0.2, 0) is 4.79 Å². The average Bonchev–Trinajstić information content (AvgIpc) is 2.37. The number of hydrogen-bond donors (Lipinski definition) is 2. The first-order valence-corrected chi connectivity index (χ1v) is 4.22. The molecule has 1 aliphatic heterocycles. The lowest BCUT2D eigenvalue weighted by atomic mass is 10.1. The van der Waals surface area contributed by atoms with Crippen LogP contribution in [0.15, 0.2) is 0 Å². The normalized spacial score (nSPS) is 18.8. The summed E-state index contributed by atoms with van der Waals surface area (Å²) >= 11 is 0. The van der Waals surface area contributed by atoms with E-state index in [-0.39, 0.29) is 5.91 Å². The van der Waals surface area contributed by atoms with Crippen molar-refractivity contribution < 1.29 is 4.79 Å². The van der Waals surface area contributed by atoms with E-state index in [1.165, 1.54) is 19.3 Å². The van der Waals surface area contributed by atoms with Crippen LogP contribution in [0.2, 0.25) is 0 Å². The van der Waals surface area contributed by atoms with E-state index < -0.39 is 0 Å². The Morgan fingerprint density at radius 2 is 2.18 bits per heavy atom. The Morgan fingerprint density at radius 1 is 1.36 bits per heavy atom. The van der Waals surface area contributed by atoms with Gasteiger partial charge in [0, 0.05) is 6.42 Å². The summed E-state index contributed by atoms with van der Waals surface area (Å²) in [6.45, 7) is 2.18. The number of carbonyl (C=O) groups is 1. The molecule has 0 aromatic rings. The highest BCUT2D eigenvalue weighted by Crippen LogP contribution is 2.15. The Kier molecular flexibility index (Phi) is 3.36. The minimum Gasteiger partial charge on any atom is -0.291 e. The van der Waals surface area contributed by atoms with Gasteiger partial charge in [-0.3, -0.25) is 10.2 Å². The molecule has 0 atom stereocenters. The molecule has 1 aliphatic rings. The van der Waals surface area contributed by atoms with E-state index >= 15 is 0 Å². The van der Waals surface area contributed by atoms with E-state index in [0.29, 0.717) is 6.42 Å². The summed E-state index contributed by atoms with van der Waals surface area (Å²) in [4.78, 5) is 10.7. The van der Waals surface area contributed by atoms with Gasteiger partial charge in [0.15, 0.2) is 0 Å². The second-order valence-electron chi connectivity index (χ2n) is 2.91. The number of unbranched alkanes of at least 4 members (excludes halogenated alkanes) is 2. The Bertz CT molecular complexity index is 136. The zero-order valence-corrected chi connectivity index (χ0v) is 6.94.